The summed E-state index contributed by atoms with van der Waals surface area (Å²) in [6.07, 6.45) is 2.45. The number of aryl methyl sites for hydroxylation is 1. The Labute approximate surface area is 94.3 Å². The molecule has 0 spiro atoms. The van der Waals surface area contributed by atoms with Crippen molar-refractivity contribution in [1.82, 2.24) is 4.98 Å². The molecule has 0 aliphatic carbocycles. The number of hydrogen-bond acceptors (Lipinski definition) is 1. The minimum Gasteiger partial charge on any atom is -1.00 e. The Morgan fingerprint density at radius 1 is 1.43 bits per heavy atom. The Bertz CT molecular complexity index is 349. The lowest BCUT2D eigenvalue weighted by Crippen LogP contribution is -3.00. The van der Waals surface area contributed by atoms with Crippen molar-refractivity contribution in [2.24, 2.45) is 0 Å². The second-order valence-electron chi connectivity index (χ2n) is 2.95. The molecule has 0 aliphatic heterocycles. The van der Waals surface area contributed by atoms with Crippen molar-refractivity contribution in [3.05, 3.63) is 26.9 Å². The summed E-state index contributed by atoms with van der Waals surface area (Å²) in [6, 6.07) is 0. The first-order valence-corrected chi connectivity index (χ1v) is 4.89. The van der Waals surface area contributed by atoms with Crippen LogP contribution in [0.1, 0.15) is 31.7 Å². The van der Waals surface area contributed by atoms with Crippen LogP contribution in [0.15, 0.2) is 4.79 Å². The quantitative estimate of drug-likeness (QED) is 0.630. The van der Waals surface area contributed by atoms with Crippen LogP contribution >= 0.6 is 11.6 Å². The molecule has 80 valence electrons. The summed E-state index contributed by atoms with van der Waals surface area (Å²) in [5.41, 5.74) is 0.552. The zero-order chi connectivity index (χ0) is 9.84. The number of nitrogens with one attached hydrogen (secondary N) is 2. The first kappa shape index (κ1) is 13.5. The summed E-state index contributed by atoms with van der Waals surface area (Å²) < 4.78 is 0. The summed E-state index contributed by atoms with van der Waals surface area (Å²) in [5, 5.41) is 0.467. The Hall–Kier alpha value is -0.540. The maximum absolute atomic E-state index is 11.4. The van der Waals surface area contributed by atoms with Crippen LogP contribution < -0.4 is 23.0 Å². The first-order valence-electron chi connectivity index (χ1n) is 4.51. The highest BCUT2D eigenvalue weighted by molar-refractivity contribution is 6.29. The molecule has 0 amide bonds. The molecular formula is C9H14Cl2N2O. The van der Waals surface area contributed by atoms with E-state index < -0.39 is 0 Å². The molecule has 0 unspecified atom stereocenters. The molecule has 0 fully saturated rings. The molecule has 0 aromatic carbocycles. The molecule has 1 aromatic heterocycles. The third kappa shape index (κ3) is 3.00. The average Bonchev–Trinajstić information content (AvgIpc) is 2.04. The van der Waals surface area contributed by atoms with E-state index >= 15 is 0 Å². The van der Waals surface area contributed by atoms with Gasteiger partial charge in [-0.15, -0.1) is 0 Å². The van der Waals surface area contributed by atoms with E-state index in [1.807, 2.05) is 13.8 Å². The second kappa shape index (κ2) is 6.04. The molecule has 0 saturated carbocycles. The Balaban J connectivity index is 0.00000169. The number of aromatic nitrogens is 2. The lowest BCUT2D eigenvalue weighted by Gasteiger charge is -1.96. The maximum atomic E-state index is 11.4. The van der Waals surface area contributed by atoms with E-state index in [1.165, 1.54) is 0 Å². The van der Waals surface area contributed by atoms with Crippen LogP contribution in [0.4, 0.5) is 0 Å². The number of halogens is 2. The fourth-order valence-corrected chi connectivity index (χ4v) is 1.58. The lowest BCUT2D eigenvalue weighted by atomic mass is 10.2. The van der Waals surface area contributed by atoms with Crippen LogP contribution in [0.5, 0.6) is 0 Å². The monoisotopic (exact) mass is 236 g/mol. The normalized spacial score (nSPS) is 9.64. The van der Waals surface area contributed by atoms with Crippen molar-refractivity contribution in [1.29, 1.82) is 0 Å². The molecule has 2 N–H and O–H groups in total. The highest BCUT2D eigenvalue weighted by Gasteiger charge is 2.12. The average molecular weight is 237 g/mol. The zero-order valence-electron chi connectivity index (χ0n) is 8.29. The number of aromatic amines is 2. The molecular weight excluding hydrogens is 223 g/mol. The smallest absolute Gasteiger partial charge is 0.339 e. The summed E-state index contributed by atoms with van der Waals surface area (Å²) in [5.74, 6) is 0.801. The van der Waals surface area contributed by atoms with E-state index in [-0.39, 0.29) is 18.0 Å². The van der Waals surface area contributed by atoms with Crippen molar-refractivity contribution in [3.63, 3.8) is 0 Å². The molecule has 3 nitrogen and oxygen atoms in total. The van der Waals surface area contributed by atoms with Crippen molar-refractivity contribution in [2.45, 2.75) is 33.1 Å². The molecule has 1 heterocycles. The summed E-state index contributed by atoms with van der Waals surface area (Å²) in [4.78, 5) is 17.2. The summed E-state index contributed by atoms with van der Waals surface area (Å²) in [6.45, 7) is 3.96. The molecule has 14 heavy (non-hydrogen) atoms. The summed E-state index contributed by atoms with van der Waals surface area (Å²) >= 11 is 5.89. The Morgan fingerprint density at radius 3 is 2.50 bits per heavy atom. The number of rotatable bonds is 3. The van der Waals surface area contributed by atoms with Gasteiger partial charge in [0.25, 0.3) is 5.82 Å². The predicted octanol–water partition coefficient (Wildman–Crippen LogP) is -1.64. The van der Waals surface area contributed by atoms with Crippen molar-refractivity contribution in [3.8, 4) is 0 Å². The number of H-pyrrole nitrogens is 2. The van der Waals surface area contributed by atoms with Crippen LogP contribution in [0.3, 0.4) is 0 Å². The molecule has 0 radical (unpaired) electrons. The molecule has 0 aliphatic rings. The van der Waals surface area contributed by atoms with Crippen molar-refractivity contribution < 1.29 is 17.4 Å². The summed E-state index contributed by atoms with van der Waals surface area (Å²) in [7, 11) is 0. The fourth-order valence-electron chi connectivity index (χ4n) is 1.24. The van der Waals surface area contributed by atoms with Gasteiger partial charge in [0.15, 0.2) is 0 Å². The van der Waals surface area contributed by atoms with Gasteiger partial charge in [-0.1, -0.05) is 13.8 Å². The van der Waals surface area contributed by atoms with Crippen molar-refractivity contribution >= 4 is 11.6 Å². The SMILES string of the molecule is CCCc1[nH]c(=O)c(CC)c(Cl)[nH+]1.[Cl-]. The maximum Gasteiger partial charge on any atom is 0.339 e. The van der Waals surface area contributed by atoms with Crippen LogP contribution in [0, 0.1) is 0 Å². The second-order valence-corrected chi connectivity index (χ2v) is 3.33. The Morgan fingerprint density at radius 2 is 2.07 bits per heavy atom. The van der Waals surface area contributed by atoms with E-state index in [2.05, 4.69) is 9.97 Å². The Kier molecular flexibility index (Phi) is 5.81. The molecule has 0 saturated heterocycles. The van der Waals surface area contributed by atoms with E-state index in [1.54, 1.807) is 0 Å². The molecule has 0 atom stereocenters. The minimum absolute atomic E-state index is 0. The molecule has 0 bridgehead atoms. The van der Waals surface area contributed by atoms with Gasteiger partial charge in [-0.25, -0.2) is 14.8 Å². The minimum atomic E-state index is -0.0744. The van der Waals surface area contributed by atoms with E-state index in [0.717, 1.165) is 18.7 Å². The van der Waals surface area contributed by atoms with Crippen LogP contribution in [-0.2, 0) is 12.8 Å². The third-order valence-corrected chi connectivity index (χ3v) is 2.24. The molecule has 5 heteroatoms. The van der Waals surface area contributed by atoms with Crippen molar-refractivity contribution in [2.75, 3.05) is 0 Å². The van der Waals surface area contributed by atoms with Gasteiger partial charge in [-0.3, -0.25) is 0 Å². The van der Waals surface area contributed by atoms with Gasteiger partial charge < -0.3 is 12.4 Å². The van der Waals surface area contributed by atoms with E-state index in [4.69, 9.17) is 11.6 Å². The zero-order valence-corrected chi connectivity index (χ0v) is 9.80. The van der Waals surface area contributed by atoms with Gasteiger partial charge in [0.05, 0.1) is 0 Å². The number of hydrogen-bond donors (Lipinski definition) is 1. The first-order chi connectivity index (χ1) is 6.19. The van der Waals surface area contributed by atoms with Gasteiger partial charge >= 0.3 is 5.56 Å². The van der Waals surface area contributed by atoms with Gasteiger partial charge in [0.1, 0.15) is 5.56 Å². The fraction of sp³-hybridized carbons (Fsp3) is 0.556. The van der Waals surface area contributed by atoms with Gasteiger partial charge in [-0.2, -0.15) is 0 Å². The lowest BCUT2D eigenvalue weighted by molar-refractivity contribution is -0.394. The predicted molar refractivity (Wildman–Crippen MR) is 52.0 cm³/mol. The van der Waals surface area contributed by atoms with Gasteiger partial charge in [-0.05, 0) is 24.4 Å². The van der Waals surface area contributed by atoms with Crippen LogP contribution in [0.2, 0.25) is 5.15 Å². The highest BCUT2D eigenvalue weighted by Crippen LogP contribution is 2.04. The highest BCUT2D eigenvalue weighted by atomic mass is 35.5. The molecule has 1 rings (SSSR count). The molecule has 1 aromatic rings. The largest absolute Gasteiger partial charge is 1.00 e. The van der Waals surface area contributed by atoms with Crippen LogP contribution in [-0.4, -0.2) is 4.98 Å². The third-order valence-electron chi connectivity index (χ3n) is 1.92. The van der Waals surface area contributed by atoms with Gasteiger partial charge in [0, 0.05) is 6.42 Å². The van der Waals surface area contributed by atoms with Crippen LogP contribution in [0.25, 0.3) is 0 Å². The van der Waals surface area contributed by atoms with E-state index in [9.17, 15) is 4.79 Å². The van der Waals surface area contributed by atoms with E-state index in [0.29, 0.717) is 17.1 Å². The van der Waals surface area contributed by atoms with Gasteiger partial charge in [0.2, 0.25) is 5.15 Å². The standard InChI is InChI=1S/C9H13ClN2O.ClH/c1-3-5-7-11-8(10)6(4-2)9(13)12-7;/h3-5H2,1-2H3,(H,11,12,13);1H. The topological polar surface area (TPSA) is 47.0 Å².